The zero-order chi connectivity index (χ0) is 13.2. The second-order valence-electron chi connectivity index (χ2n) is 6.72. The molecule has 0 spiro atoms. The van der Waals surface area contributed by atoms with Gasteiger partial charge in [0, 0.05) is 12.6 Å². The molecular formula is C15H28N2O. The van der Waals surface area contributed by atoms with Gasteiger partial charge in [0.2, 0.25) is 5.91 Å². The Morgan fingerprint density at radius 1 is 1.33 bits per heavy atom. The van der Waals surface area contributed by atoms with Gasteiger partial charge in [0.15, 0.2) is 0 Å². The van der Waals surface area contributed by atoms with Crippen molar-refractivity contribution in [3.63, 3.8) is 0 Å². The summed E-state index contributed by atoms with van der Waals surface area (Å²) in [4.78, 5) is 12.5. The monoisotopic (exact) mass is 252 g/mol. The van der Waals surface area contributed by atoms with Crippen molar-refractivity contribution < 1.29 is 4.79 Å². The van der Waals surface area contributed by atoms with Crippen LogP contribution in [-0.2, 0) is 4.79 Å². The summed E-state index contributed by atoms with van der Waals surface area (Å²) in [5, 5.41) is 3.21. The Morgan fingerprint density at radius 3 is 2.44 bits per heavy atom. The van der Waals surface area contributed by atoms with Crippen molar-refractivity contribution >= 4 is 5.91 Å². The first kappa shape index (κ1) is 13.9. The van der Waals surface area contributed by atoms with Crippen LogP contribution >= 0.6 is 0 Å². The van der Waals surface area contributed by atoms with Crippen LogP contribution in [0.25, 0.3) is 0 Å². The highest BCUT2D eigenvalue weighted by atomic mass is 16.2. The summed E-state index contributed by atoms with van der Waals surface area (Å²) >= 11 is 0. The molecule has 0 saturated heterocycles. The van der Waals surface area contributed by atoms with Gasteiger partial charge < -0.3 is 11.1 Å². The van der Waals surface area contributed by atoms with Crippen LogP contribution < -0.4 is 11.1 Å². The van der Waals surface area contributed by atoms with Crippen molar-refractivity contribution in [2.24, 2.45) is 23.0 Å². The molecule has 3 N–H and O–H groups in total. The molecule has 18 heavy (non-hydrogen) atoms. The van der Waals surface area contributed by atoms with Gasteiger partial charge in [0.1, 0.15) is 0 Å². The number of rotatable bonds is 5. The first-order valence-electron chi connectivity index (χ1n) is 7.57. The van der Waals surface area contributed by atoms with E-state index in [2.05, 4.69) is 19.2 Å². The zero-order valence-electron chi connectivity index (χ0n) is 11.9. The van der Waals surface area contributed by atoms with E-state index in [9.17, 15) is 4.79 Å². The molecule has 0 aromatic carbocycles. The van der Waals surface area contributed by atoms with Gasteiger partial charge in [0.25, 0.3) is 0 Å². The predicted octanol–water partition coefficient (Wildman–Crippen LogP) is 2.45. The molecular weight excluding hydrogens is 224 g/mol. The molecule has 0 bridgehead atoms. The summed E-state index contributed by atoms with van der Waals surface area (Å²) in [6.45, 7) is 4.90. The maximum absolute atomic E-state index is 12.5. The van der Waals surface area contributed by atoms with Crippen molar-refractivity contribution in [1.29, 1.82) is 0 Å². The number of amides is 1. The minimum absolute atomic E-state index is 0.213. The number of nitrogens with two attached hydrogens (primary N) is 1. The number of carbonyl (C=O) groups is 1. The molecule has 0 heterocycles. The Kier molecular flexibility index (Phi) is 4.31. The van der Waals surface area contributed by atoms with Crippen LogP contribution in [0.3, 0.4) is 0 Å². The van der Waals surface area contributed by atoms with Crippen LogP contribution in [0, 0.1) is 17.3 Å². The normalized spacial score (nSPS) is 34.1. The molecule has 2 saturated carbocycles. The van der Waals surface area contributed by atoms with E-state index in [0.29, 0.717) is 12.6 Å². The Labute approximate surface area is 111 Å². The van der Waals surface area contributed by atoms with Crippen molar-refractivity contribution in [3.05, 3.63) is 0 Å². The summed E-state index contributed by atoms with van der Waals surface area (Å²) in [5.74, 6) is 1.83. The molecule has 2 rings (SSSR count). The van der Waals surface area contributed by atoms with Crippen LogP contribution in [0.5, 0.6) is 0 Å². The Morgan fingerprint density at radius 2 is 1.94 bits per heavy atom. The quantitative estimate of drug-likeness (QED) is 0.789. The number of nitrogens with one attached hydrogen (secondary N) is 1. The van der Waals surface area contributed by atoms with E-state index in [1.807, 2.05) is 0 Å². The maximum Gasteiger partial charge on any atom is 0.227 e. The Hall–Kier alpha value is -0.570. The average Bonchev–Trinajstić information content (AvgIpc) is 3.14. The molecule has 2 fully saturated rings. The van der Waals surface area contributed by atoms with E-state index in [0.717, 1.165) is 43.9 Å². The van der Waals surface area contributed by atoms with Gasteiger partial charge in [-0.2, -0.15) is 0 Å². The minimum atomic E-state index is -0.273. The molecule has 1 amide bonds. The van der Waals surface area contributed by atoms with Crippen LogP contribution in [0.2, 0.25) is 0 Å². The van der Waals surface area contributed by atoms with Crippen molar-refractivity contribution in [3.8, 4) is 0 Å². The molecule has 0 radical (unpaired) electrons. The molecule has 104 valence electrons. The molecule has 3 heteroatoms. The van der Waals surface area contributed by atoms with Crippen molar-refractivity contribution in [1.82, 2.24) is 5.32 Å². The van der Waals surface area contributed by atoms with Crippen molar-refractivity contribution in [2.75, 3.05) is 6.54 Å². The summed E-state index contributed by atoms with van der Waals surface area (Å²) in [5.41, 5.74) is 5.64. The molecule has 0 aliphatic heterocycles. The van der Waals surface area contributed by atoms with Crippen LogP contribution in [-0.4, -0.2) is 18.5 Å². The Bertz CT molecular complexity index is 291. The van der Waals surface area contributed by atoms with E-state index in [4.69, 9.17) is 5.73 Å². The lowest BCUT2D eigenvalue weighted by Gasteiger charge is -2.38. The smallest absolute Gasteiger partial charge is 0.227 e. The first-order chi connectivity index (χ1) is 8.55. The van der Waals surface area contributed by atoms with Gasteiger partial charge in [-0.05, 0) is 50.9 Å². The maximum atomic E-state index is 12.5. The first-order valence-corrected chi connectivity index (χ1v) is 7.57. The van der Waals surface area contributed by atoms with Crippen LogP contribution in [0.1, 0.15) is 58.8 Å². The van der Waals surface area contributed by atoms with Gasteiger partial charge in [-0.1, -0.05) is 19.8 Å². The van der Waals surface area contributed by atoms with Gasteiger partial charge in [0.05, 0.1) is 5.41 Å². The fourth-order valence-electron chi connectivity index (χ4n) is 3.13. The van der Waals surface area contributed by atoms with Gasteiger partial charge in [-0.3, -0.25) is 4.79 Å². The topological polar surface area (TPSA) is 55.1 Å². The van der Waals surface area contributed by atoms with Crippen LogP contribution in [0.4, 0.5) is 0 Å². The fourth-order valence-corrected chi connectivity index (χ4v) is 3.13. The Balaban J connectivity index is 1.87. The van der Waals surface area contributed by atoms with Gasteiger partial charge in [-0.25, -0.2) is 0 Å². The lowest BCUT2D eigenvalue weighted by atomic mass is 9.70. The number of hydrogen-bond donors (Lipinski definition) is 2. The molecule has 0 aromatic rings. The SMILES string of the molecule is CC1CCC(CN)(C(=O)NC(C)CC2CC2)CC1. The molecule has 2 aliphatic rings. The van der Waals surface area contributed by atoms with Gasteiger partial charge in [-0.15, -0.1) is 0 Å². The van der Waals surface area contributed by atoms with Crippen LogP contribution in [0.15, 0.2) is 0 Å². The molecule has 3 nitrogen and oxygen atoms in total. The third kappa shape index (κ3) is 3.25. The third-order valence-electron chi connectivity index (χ3n) is 4.87. The highest BCUT2D eigenvalue weighted by Crippen LogP contribution is 2.39. The number of carbonyl (C=O) groups excluding carboxylic acids is 1. The summed E-state index contributed by atoms with van der Waals surface area (Å²) in [6.07, 6.45) is 8.05. The second kappa shape index (κ2) is 5.60. The lowest BCUT2D eigenvalue weighted by Crippen LogP contribution is -2.50. The highest BCUT2D eigenvalue weighted by Gasteiger charge is 2.40. The molecule has 1 atom stereocenters. The zero-order valence-corrected chi connectivity index (χ0v) is 11.9. The summed E-state index contributed by atoms with van der Waals surface area (Å²) < 4.78 is 0. The van der Waals surface area contributed by atoms with Gasteiger partial charge >= 0.3 is 0 Å². The predicted molar refractivity (Wildman–Crippen MR) is 74.1 cm³/mol. The van der Waals surface area contributed by atoms with Crippen molar-refractivity contribution in [2.45, 2.75) is 64.8 Å². The van der Waals surface area contributed by atoms with E-state index in [-0.39, 0.29) is 11.3 Å². The lowest BCUT2D eigenvalue weighted by molar-refractivity contribution is -0.133. The molecule has 2 aliphatic carbocycles. The standard InChI is InChI=1S/C15H28N2O/c1-11-5-7-15(10-16,8-6-11)14(18)17-12(2)9-13-3-4-13/h11-13H,3-10,16H2,1-2H3,(H,17,18). The van der Waals surface area contributed by atoms with E-state index in [1.165, 1.54) is 12.8 Å². The summed E-state index contributed by atoms with van der Waals surface area (Å²) in [7, 11) is 0. The van der Waals surface area contributed by atoms with E-state index in [1.54, 1.807) is 0 Å². The summed E-state index contributed by atoms with van der Waals surface area (Å²) in [6, 6.07) is 0.313. The second-order valence-corrected chi connectivity index (χ2v) is 6.72. The fraction of sp³-hybridized carbons (Fsp3) is 0.933. The third-order valence-corrected chi connectivity index (χ3v) is 4.87. The van der Waals surface area contributed by atoms with E-state index >= 15 is 0 Å². The molecule has 0 aromatic heterocycles. The molecule has 1 unspecified atom stereocenters. The number of hydrogen-bond acceptors (Lipinski definition) is 2. The average molecular weight is 252 g/mol. The van der Waals surface area contributed by atoms with E-state index < -0.39 is 0 Å². The minimum Gasteiger partial charge on any atom is -0.353 e. The largest absolute Gasteiger partial charge is 0.353 e. The highest BCUT2D eigenvalue weighted by molar-refractivity contribution is 5.83.